The Hall–Kier alpha value is -2.63. The highest BCUT2D eigenvalue weighted by Gasteiger charge is 2.22. The number of ether oxygens (including phenoxy) is 1. The second-order valence-corrected chi connectivity index (χ2v) is 8.82. The number of nitrogens with zero attached hydrogens (tertiary/aromatic N) is 2. The molecule has 1 heterocycles. The monoisotopic (exact) mass is 478 g/mol. The van der Waals surface area contributed by atoms with Crippen molar-refractivity contribution in [2.45, 2.75) is 20.1 Å². The minimum absolute atomic E-state index is 0.105. The molecule has 0 radical (unpaired) electrons. The molecule has 1 amide bonds. The first-order valence-corrected chi connectivity index (χ1v) is 11.4. The minimum Gasteiger partial charge on any atom is -0.488 e. The van der Waals surface area contributed by atoms with E-state index in [-0.39, 0.29) is 5.91 Å². The van der Waals surface area contributed by atoms with Gasteiger partial charge in [-0.25, -0.2) is 0 Å². The van der Waals surface area contributed by atoms with Gasteiger partial charge in [-0.1, -0.05) is 54.1 Å². The van der Waals surface area contributed by atoms with Crippen molar-refractivity contribution in [1.29, 1.82) is 0 Å². The topological polar surface area (TPSA) is 32.8 Å². The van der Waals surface area contributed by atoms with Crippen LogP contribution in [0.3, 0.4) is 0 Å². The molecule has 31 heavy (non-hydrogen) atoms. The van der Waals surface area contributed by atoms with Gasteiger partial charge >= 0.3 is 0 Å². The Bertz CT molecular complexity index is 1010. The minimum atomic E-state index is 0.105. The van der Waals surface area contributed by atoms with Crippen LogP contribution in [-0.2, 0) is 13.2 Å². The number of rotatable bonds is 6. The van der Waals surface area contributed by atoms with Gasteiger partial charge in [-0.2, -0.15) is 0 Å². The molecule has 1 saturated heterocycles. The van der Waals surface area contributed by atoms with E-state index < -0.39 is 0 Å². The van der Waals surface area contributed by atoms with Crippen molar-refractivity contribution < 1.29 is 9.53 Å². The molecule has 0 atom stereocenters. The Kier molecular flexibility index (Phi) is 7.05. The first-order valence-electron chi connectivity index (χ1n) is 10.6. The van der Waals surface area contributed by atoms with Crippen LogP contribution >= 0.6 is 15.9 Å². The van der Waals surface area contributed by atoms with Crippen molar-refractivity contribution in [1.82, 2.24) is 9.80 Å². The van der Waals surface area contributed by atoms with Crippen molar-refractivity contribution in [3.05, 3.63) is 99.5 Å². The van der Waals surface area contributed by atoms with Gasteiger partial charge in [0, 0.05) is 38.3 Å². The summed E-state index contributed by atoms with van der Waals surface area (Å²) < 4.78 is 6.79. The summed E-state index contributed by atoms with van der Waals surface area (Å²) in [7, 11) is 0. The number of benzene rings is 3. The van der Waals surface area contributed by atoms with Gasteiger partial charge in [0.05, 0.1) is 4.47 Å². The average Bonchev–Trinajstić information content (AvgIpc) is 2.80. The second-order valence-electron chi connectivity index (χ2n) is 7.97. The summed E-state index contributed by atoms with van der Waals surface area (Å²) in [6.45, 7) is 6.84. The molecule has 0 aromatic heterocycles. The maximum absolute atomic E-state index is 12.9. The lowest BCUT2D eigenvalue weighted by Gasteiger charge is -2.34. The summed E-state index contributed by atoms with van der Waals surface area (Å²) in [5.74, 6) is 0.916. The summed E-state index contributed by atoms with van der Waals surface area (Å²) in [4.78, 5) is 17.3. The molecule has 3 aromatic carbocycles. The standard InChI is InChI=1S/C26H27BrN2O2/c1-20-6-8-21(9-7-20)18-28-14-16-29(17-15-28)26(30)23-12-10-22(11-13-23)19-31-25-5-3-2-4-24(25)27/h2-13H,14-19H2,1H3. The molecule has 1 aliphatic rings. The number of carbonyl (C=O) groups excluding carboxylic acids is 1. The van der Waals surface area contributed by atoms with Crippen LogP contribution in [0.25, 0.3) is 0 Å². The van der Waals surface area contributed by atoms with Gasteiger partial charge in [0.25, 0.3) is 5.91 Å². The quantitative estimate of drug-likeness (QED) is 0.482. The molecule has 4 rings (SSSR count). The molecule has 0 spiro atoms. The van der Waals surface area contributed by atoms with Crippen molar-refractivity contribution in [2.24, 2.45) is 0 Å². The van der Waals surface area contributed by atoms with E-state index in [0.717, 1.165) is 54.1 Å². The van der Waals surface area contributed by atoms with Crippen molar-refractivity contribution >= 4 is 21.8 Å². The molecular weight excluding hydrogens is 452 g/mol. The highest BCUT2D eigenvalue weighted by atomic mass is 79.9. The van der Waals surface area contributed by atoms with Gasteiger partial charge in [0.15, 0.2) is 0 Å². The third-order valence-electron chi connectivity index (χ3n) is 5.62. The van der Waals surface area contributed by atoms with E-state index in [2.05, 4.69) is 52.0 Å². The molecule has 0 bridgehead atoms. The number of piperazine rings is 1. The Morgan fingerprint density at radius 1 is 0.871 bits per heavy atom. The Morgan fingerprint density at radius 2 is 1.52 bits per heavy atom. The number of hydrogen-bond donors (Lipinski definition) is 0. The molecule has 1 fully saturated rings. The number of hydrogen-bond acceptors (Lipinski definition) is 3. The second kappa shape index (κ2) is 10.1. The summed E-state index contributed by atoms with van der Waals surface area (Å²) >= 11 is 3.49. The molecule has 4 nitrogen and oxygen atoms in total. The van der Waals surface area contributed by atoms with E-state index in [1.54, 1.807) is 0 Å². The van der Waals surface area contributed by atoms with Crippen LogP contribution in [-0.4, -0.2) is 41.9 Å². The zero-order valence-corrected chi connectivity index (χ0v) is 19.3. The predicted molar refractivity (Wildman–Crippen MR) is 127 cm³/mol. The van der Waals surface area contributed by atoms with Crippen molar-refractivity contribution in [2.75, 3.05) is 26.2 Å². The smallest absolute Gasteiger partial charge is 0.253 e. The third kappa shape index (κ3) is 5.75. The van der Waals surface area contributed by atoms with Gasteiger partial charge in [-0.05, 0) is 58.2 Å². The first kappa shape index (κ1) is 21.6. The fourth-order valence-electron chi connectivity index (χ4n) is 3.71. The molecule has 0 N–H and O–H groups in total. The van der Waals surface area contributed by atoms with Crippen molar-refractivity contribution in [3.8, 4) is 5.75 Å². The van der Waals surface area contributed by atoms with E-state index >= 15 is 0 Å². The van der Waals surface area contributed by atoms with Crippen LogP contribution in [0.2, 0.25) is 0 Å². The van der Waals surface area contributed by atoms with Gasteiger partial charge in [-0.15, -0.1) is 0 Å². The van der Waals surface area contributed by atoms with E-state index in [9.17, 15) is 4.79 Å². The number of halogens is 1. The van der Waals surface area contributed by atoms with Gasteiger partial charge < -0.3 is 9.64 Å². The summed E-state index contributed by atoms with van der Waals surface area (Å²) in [5.41, 5.74) is 4.38. The maximum atomic E-state index is 12.9. The highest BCUT2D eigenvalue weighted by molar-refractivity contribution is 9.10. The number of amides is 1. The van der Waals surface area contributed by atoms with Crippen LogP contribution < -0.4 is 4.74 Å². The van der Waals surface area contributed by atoms with Crippen LogP contribution in [0, 0.1) is 6.92 Å². The molecule has 0 aliphatic carbocycles. The lowest BCUT2D eigenvalue weighted by Crippen LogP contribution is -2.48. The predicted octanol–water partition coefficient (Wildman–Crippen LogP) is 5.29. The average molecular weight is 479 g/mol. The molecule has 1 aliphatic heterocycles. The normalized spacial score (nSPS) is 14.5. The van der Waals surface area contributed by atoms with E-state index in [1.807, 2.05) is 53.4 Å². The fraction of sp³-hybridized carbons (Fsp3) is 0.269. The van der Waals surface area contributed by atoms with E-state index in [0.29, 0.717) is 6.61 Å². The number of carbonyl (C=O) groups is 1. The first-order chi connectivity index (χ1) is 15.1. The molecule has 5 heteroatoms. The van der Waals surface area contributed by atoms with Crippen LogP contribution in [0.15, 0.2) is 77.3 Å². The maximum Gasteiger partial charge on any atom is 0.253 e. The van der Waals surface area contributed by atoms with Crippen LogP contribution in [0.5, 0.6) is 5.75 Å². The SMILES string of the molecule is Cc1ccc(CN2CCN(C(=O)c3ccc(COc4ccccc4Br)cc3)CC2)cc1. The third-order valence-corrected chi connectivity index (χ3v) is 6.27. The lowest BCUT2D eigenvalue weighted by molar-refractivity contribution is 0.0628. The largest absolute Gasteiger partial charge is 0.488 e. The zero-order valence-electron chi connectivity index (χ0n) is 17.8. The molecule has 3 aromatic rings. The van der Waals surface area contributed by atoms with Crippen LogP contribution in [0.4, 0.5) is 0 Å². The zero-order chi connectivity index (χ0) is 21.6. The summed E-state index contributed by atoms with van der Waals surface area (Å²) in [5, 5.41) is 0. The fourth-order valence-corrected chi connectivity index (χ4v) is 4.11. The molecule has 0 saturated carbocycles. The van der Waals surface area contributed by atoms with Gasteiger partial charge in [0.1, 0.15) is 12.4 Å². The lowest BCUT2D eigenvalue weighted by atomic mass is 10.1. The molecule has 160 valence electrons. The Morgan fingerprint density at radius 3 is 2.19 bits per heavy atom. The Labute approximate surface area is 192 Å². The van der Waals surface area contributed by atoms with E-state index in [4.69, 9.17) is 4.74 Å². The highest BCUT2D eigenvalue weighted by Crippen LogP contribution is 2.24. The number of para-hydroxylation sites is 1. The van der Waals surface area contributed by atoms with E-state index in [1.165, 1.54) is 11.1 Å². The van der Waals surface area contributed by atoms with Crippen LogP contribution in [0.1, 0.15) is 27.0 Å². The summed E-state index contributed by atoms with van der Waals surface area (Å²) in [6, 6.07) is 24.2. The van der Waals surface area contributed by atoms with Gasteiger partial charge in [0.2, 0.25) is 0 Å². The molecule has 0 unspecified atom stereocenters. The van der Waals surface area contributed by atoms with Gasteiger partial charge in [-0.3, -0.25) is 9.69 Å². The number of aryl methyl sites for hydroxylation is 1. The summed E-state index contributed by atoms with van der Waals surface area (Å²) in [6.07, 6.45) is 0. The van der Waals surface area contributed by atoms with Crippen molar-refractivity contribution in [3.63, 3.8) is 0 Å². The Balaban J connectivity index is 1.27. The molecular formula is C26H27BrN2O2.